The minimum atomic E-state index is -0.608. The zero-order chi connectivity index (χ0) is 19.0. The van der Waals surface area contributed by atoms with Crippen LogP contribution in [0.25, 0.3) is 11.1 Å². The first kappa shape index (κ1) is 17.2. The standard InChI is InChI=1S/C23H24N4O/c28-22(23(10-13-24-14-11-23)27-15-5-12-25-27)26-16-18-6-1-3-8-20(18)21-9-4-2-7-19(21)17-26/h1-9,12,15,24H,10-11,13-14,16-17H2. The second-order valence-electron chi connectivity index (χ2n) is 7.71. The van der Waals surface area contributed by atoms with Gasteiger partial charge in [-0.3, -0.25) is 9.48 Å². The fourth-order valence-corrected chi connectivity index (χ4v) is 4.65. The SMILES string of the molecule is O=C(N1Cc2ccccc2-c2ccccc2C1)C1(n2cccn2)CCNCC1. The van der Waals surface area contributed by atoms with Crippen molar-refractivity contribution in [2.75, 3.05) is 13.1 Å². The summed E-state index contributed by atoms with van der Waals surface area (Å²) in [5.41, 5.74) is 4.25. The smallest absolute Gasteiger partial charge is 0.251 e. The molecule has 1 fully saturated rings. The van der Waals surface area contributed by atoms with Crippen molar-refractivity contribution in [1.29, 1.82) is 0 Å². The molecular formula is C23H24N4O. The summed E-state index contributed by atoms with van der Waals surface area (Å²) in [6.45, 7) is 2.90. The minimum Gasteiger partial charge on any atom is -0.332 e. The van der Waals surface area contributed by atoms with Crippen LogP contribution >= 0.6 is 0 Å². The zero-order valence-corrected chi connectivity index (χ0v) is 15.8. The van der Waals surface area contributed by atoms with Crippen LogP contribution in [0.1, 0.15) is 24.0 Å². The van der Waals surface area contributed by atoms with Gasteiger partial charge in [0.15, 0.2) is 0 Å². The van der Waals surface area contributed by atoms with Crippen molar-refractivity contribution < 1.29 is 4.79 Å². The van der Waals surface area contributed by atoms with Gasteiger partial charge in [0.2, 0.25) is 0 Å². The Morgan fingerprint density at radius 2 is 1.50 bits per heavy atom. The van der Waals surface area contributed by atoms with E-state index in [1.54, 1.807) is 6.20 Å². The molecule has 0 saturated carbocycles. The highest BCUT2D eigenvalue weighted by atomic mass is 16.2. The summed E-state index contributed by atoms with van der Waals surface area (Å²) < 4.78 is 1.89. The number of carbonyl (C=O) groups is 1. The van der Waals surface area contributed by atoms with E-state index < -0.39 is 5.54 Å². The van der Waals surface area contributed by atoms with E-state index in [2.05, 4.69) is 58.9 Å². The highest BCUT2D eigenvalue weighted by molar-refractivity contribution is 5.86. The summed E-state index contributed by atoms with van der Waals surface area (Å²) in [7, 11) is 0. The monoisotopic (exact) mass is 372 g/mol. The lowest BCUT2D eigenvalue weighted by atomic mass is 9.86. The minimum absolute atomic E-state index is 0.171. The summed E-state index contributed by atoms with van der Waals surface area (Å²) in [5, 5.41) is 7.87. The van der Waals surface area contributed by atoms with E-state index >= 15 is 0 Å². The molecule has 0 aliphatic carbocycles. The summed E-state index contributed by atoms with van der Waals surface area (Å²) in [6, 6.07) is 18.8. The number of carbonyl (C=O) groups excluding carboxylic acids is 1. The van der Waals surface area contributed by atoms with Gasteiger partial charge in [-0.05, 0) is 54.3 Å². The molecule has 5 heteroatoms. The Bertz CT molecular complexity index is 942. The van der Waals surface area contributed by atoms with Crippen molar-refractivity contribution in [3.8, 4) is 11.1 Å². The maximum absolute atomic E-state index is 14.0. The Balaban J connectivity index is 1.59. The van der Waals surface area contributed by atoms with Crippen molar-refractivity contribution in [3.63, 3.8) is 0 Å². The van der Waals surface area contributed by atoms with Crippen LogP contribution in [0.4, 0.5) is 0 Å². The van der Waals surface area contributed by atoms with Gasteiger partial charge in [0.05, 0.1) is 0 Å². The molecule has 0 radical (unpaired) electrons. The molecule has 1 saturated heterocycles. The van der Waals surface area contributed by atoms with E-state index in [4.69, 9.17) is 0 Å². The predicted octanol–water partition coefficient (Wildman–Crippen LogP) is 3.17. The number of nitrogens with zero attached hydrogens (tertiary/aromatic N) is 3. The Morgan fingerprint density at radius 3 is 2.07 bits per heavy atom. The number of rotatable bonds is 2. The normalized spacial score (nSPS) is 18.1. The zero-order valence-electron chi connectivity index (χ0n) is 15.8. The van der Waals surface area contributed by atoms with E-state index in [0.29, 0.717) is 13.1 Å². The number of hydrogen-bond donors (Lipinski definition) is 1. The van der Waals surface area contributed by atoms with E-state index in [0.717, 1.165) is 25.9 Å². The number of fused-ring (bicyclic) bond motifs is 3. The molecule has 0 bridgehead atoms. The highest BCUT2D eigenvalue weighted by Crippen LogP contribution is 2.36. The van der Waals surface area contributed by atoms with Gasteiger partial charge in [0.25, 0.3) is 5.91 Å². The number of nitrogens with one attached hydrogen (secondary N) is 1. The van der Waals surface area contributed by atoms with Crippen LogP contribution < -0.4 is 5.32 Å². The van der Waals surface area contributed by atoms with Crippen LogP contribution in [0, 0.1) is 0 Å². The van der Waals surface area contributed by atoms with Crippen molar-refractivity contribution in [2.24, 2.45) is 0 Å². The van der Waals surface area contributed by atoms with Crippen molar-refractivity contribution in [1.82, 2.24) is 20.0 Å². The second-order valence-corrected chi connectivity index (χ2v) is 7.71. The number of hydrogen-bond acceptors (Lipinski definition) is 3. The van der Waals surface area contributed by atoms with E-state index in [-0.39, 0.29) is 5.91 Å². The molecule has 2 aliphatic rings. The summed E-state index contributed by atoms with van der Waals surface area (Å²) in [5.74, 6) is 0.171. The summed E-state index contributed by atoms with van der Waals surface area (Å²) in [6.07, 6.45) is 5.22. The Morgan fingerprint density at radius 1 is 0.893 bits per heavy atom. The number of piperidine rings is 1. The second kappa shape index (κ2) is 6.91. The Kier molecular flexibility index (Phi) is 4.24. The third-order valence-corrected chi connectivity index (χ3v) is 6.11. The average Bonchev–Trinajstić information content (AvgIpc) is 3.24. The molecule has 1 N–H and O–H groups in total. The van der Waals surface area contributed by atoms with Gasteiger partial charge in [-0.15, -0.1) is 0 Å². The molecule has 2 aliphatic heterocycles. The molecule has 0 atom stereocenters. The van der Waals surface area contributed by atoms with E-state index in [9.17, 15) is 4.79 Å². The molecule has 5 rings (SSSR count). The van der Waals surface area contributed by atoms with Crippen LogP contribution in [-0.2, 0) is 23.4 Å². The first-order valence-electron chi connectivity index (χ1n) is 9.94. The predicted molar refractivity (Wildman–Crippen MR) is 108 cm³/mol. The number of benzene rings is 2. The summed E-state index contributed by atoms with van der Waals surface area (Å²) in [4.78, 5) is 16.0. The van der Waals surface area contributed by atoms with Crippen LogP contribution in [-0.4, -0.2) is 33.7 Å². The lowest BCUT2D eigenvalue weighted by Gasteiger charge is -2.40. The fraction of sp³-hybridized carbons (Fsp3) is 0.304. The largest absolute Gasteiger partial charge is 0.332 e. The third-order valence-electron chi connectivity index (χ3n) is 6.11. The molecule has 0 spiro atoms. The van der Waals surface area contributed by atoms with E-state index in [1.807, 2.05) is 21.8 Å². The van der Waals surface area contributed by atoms with Crippen LogP contribution in [0.2, 0.25) is 0 Å². The molecule has 3 heterocycles. The molecule has 2 aromatic carbocycles. The van der Waals surface area contributed by atoms with Gasteiger partial charge in [0.1, 0.15) is 5.54 Å². The van der Waals surface area contributed by atoms with Crippen molar-refractivity contribution in [3.05, 3.63) is 78.1 Å². The number of aromatic nitrogens is 2. The lowest BCUT2D eigenvalue weighted by Crippen LogP contribution is -2.55. The van der Waals surface area contributed by atoms with Gasteiger partial charge in [-0.2, -0.15) is 5.10 Å². The summed E-state index contributed by atoms with van der Waals surface area (Å²) >= 11 is 0. The van der Waals surface area contributed by atoms with Crippen LogP contribution in [0.15, 0.2) is 67.0 Å². The average molecular weight is 372 g/mol. The molecule has 1 aromatic heterocycles. The fourth-order valence-electron chi connectivity index (χ4n) is 4.65. The molecule has 28 heavy (non-hydrogen) atoms. The number of amides is 1. The molecule has 3 aromatic rings. The lowest BCUT2D eigenvalue weighted by molar-refractivity contribution is -0.144. The molecular weight excluding hydrogens is 348 g/mol. The maximum Gasteiger partial charge on any atom is 0.251 e. The van der Waals surface area contributed by atoms with Crippen LogP contribution in [0.5, 0.6) is 0 Å². The molecule has 1 amide bonds. The van der Waals surface area contributed by atoms with Gasteiger partial charge in [-0.25, -0.2) is 0 Å². The van der Waals surface area contributed by atoms with Crippen molar-refractivity contribution >= 4 is 5.91 Å². The first-order valence-corrected chi connectivity index (χ1v) is 9.94. The topological polar surface area (TPSA) is 50.2 Å². The highest BCUT2D eigenvalue weighted by Gasteiger charge is 2.45. The van der Waals surface area contributed by atoms with Gasteiger partial charge in [-0.1, -0.05) is 48.5 Å². The Labute approximate surface area is 165 Å². The molecule has 142 valence electrons. The Hall–Kier alpha value is -2.92. The van der Waals surface area contributed by atoms with Crippen molar-refractivity contribution in [2.45, 2.75) is 31.5 Å². The van der Waals surface area contributed by atoms with Gasteiger partial charge >= 0.3 is 0 Å². The third kappa shape index (κ3) is 2.74. The maximum atomic E-state index is 14.0. The first-order chi connectivity index (χ1) is 13.8. The van der Waals surface area contributed by atoms with E-state index in [1.165, 1.54) is 22.3 Å². The quantitative estimate of drug-likeness (QED) is 0.752. The van der Waals surface area contributed by atoms with Crippen LogP contribution in [0.3, 0.4) is 0 Å². The molecule has 5 nitrogen and oxygen atoms in total. The van der Waals surface area contributed by atoms with Gasteiger partial charge in [0, 0.05) is 25.5 Å². The van der Waals surface area contributed by atoms with Gasteiger partial charge < -0.3 is 10.2 Å². The molecule has 0 unspecified atom stereocenters.